The summed E-state index contributed by atoms with van der Waals surface area (Å²) in [5.74, 6) is -0.668. The number of alkyl halides is 3. The van der Waals surface area contributed by atoms with E-state index in [-0.39, 0.29) is 34.0 Å². The summed E-state index contributed by atoms with van der Waals surface area (Å²) in [7, 11) is 0. The van der Waals surface area contributed by atoms with E-state index in [1.165, 1.54) is 18.2 Å². The minimum Gasteiger partial charge on any atom is -0.494 e. The molecule has 0 bridgehead atoms. The number of carbonyl (C=O) groups is 1. The first-order valence-corrected chi connectivity index (χ1v) is 10.8. The van der Waals surface area contributed by atoms with Crippen LogP contribution in [-0.2, 0) is 16.1 Å². The van der Waals surface area contributed by atoms with Crippen LogP contribution in [0, 0.1) is 10.1 Å². The molecule has 1 saturated heterocycles. The molecule has 1 amide bonds. The van der Waals surface area contributed by atoms with Crippen molar-refractivity contribution in [2.24, 2.45) is 0 Å². The molecule has 0 saturated carbocycles. The van der Waals surface area contributed by atoms with Gasteiger partial charge >= 0.3 is 6.18 Å². The monoisotopic (exact) mass is 490 g/mol. The van der Waals surface area contributed by atoms with Gasteiger partial charge in [-0.15, -0.1) is 10.2 Å². The van der Waals surface area contributed by atoms with Gasteiger partial charge in [-0.1, -0.05) is 11.8 Å². The number of aromatic nitrogens is 3. The molecule has 2 heterocycles. The number of morpholine rings is 1. The quantitative estimate of drug-likeness (QED) is 0.321. The zero-order valence-corrected chi connectivity index (χ0v) is 18.3. The van der Waals surface area contributed by atoms with Crippen LogP contribution in [0.25, 0.3) is 0 Å². The van der Waals surface area contributed by atoms with Crippen LogP contribution in [0.15, 0.2) is 23.4 Å². The lowest BCUT2D eigenvalue weighted by Gasteiger charge is -2.28. The molecule has 15 heteroatoms. The topological polar surface area (TPSA) is 125 Å². The van der Waals surface area contributed by atoms with Crippen molar-refractivity contribution in [3.05, 3.63) is 28.3 Å². The van der Waals surface area contributed by atoms with Crippen LogP contribution >= 0.6 is 11.8 Å². The lowest BCUT2D eigenvalue weighted by molar-refractivity contribution is -0.384. The number of anilines is 2. The highest BCUT2D eigenvalue weighted by atomic mass is 32.2. The maximum Gasteiger partial charge on any atom is 0.406 e. The molecule has 1 aromatic carbocycles. The number of thioether (sulfide) groups is 1. The van der Waals surface area contributed by atoms with Crippen molar-refractivity contribution in [3.63, 3.8) is 0 Å². The molecule has 33 heavy (non-hydrogen) atoms. The number of hydrogen-bond donors (Lipinski definition) is 1. The standard InChI is InChI=1S/C18H21F3N6O5S/c1-2-32-12-3-4-13(14(9-12)27(29)30)22-15(28)10-33-17-24-23-16(25-5-7-31-8-6-25)26(17)11-18(19,20)21/h3-4,9H,2,5-8,10-11H2,1H3,(H,22,28). The van der Waals surface area contributed by atoms with Crippen LogP contribution < -0.4 is 15.0 Å². The lowest BCUT2D eigenvalue weighted by atomic mass is 10.2. The number of rotatable bonds is 9. The van der Waals surface area contributed by atoms with Gasteiger partial charge in [0.15, 0.2) is 5.16 Å². The number of benzene rings is 1. The van der Waals surface area contributed by atoms with Gasteiger partial charge in [0, 0.05) is 13.1 Å². The summed E-state index contributed by atoms with van der Waals surface area (Å²) in [6, 6.07) is 3.98. The summed E-state index contributed by atoms with van der Waals surface area (Å²) < 4.78 is 50.8. The van der Waals surface area contributed by atoms with Crippen molar-refractivity contribution in [3.8, 4) is 5.75 Å². The molecule has 0 radical (unpaired) electrons. The second kappa shape index (κ2) is 10.7. The molecule has 1 aliphatic rings. The van der Waals surface area contributed by atoms with Crippen LogP contribution in [-0.4, -0.2) is 70.4 Å². The van der Waals surface area contributed by atoms with E-state index in [4.69, 9.17) is 9.47 Å². The first kappa shape index (κ1) is 24.6. The van der Waals surface area contributed by atoms with Gasteiger partial charge in [0.2, 0.25) is 11.9 Å². The summed E-state index contributed by atoms with van der Waals surface area (Å²) in [4.78, 5) is 24.7. The van der Waals surface area contributed by atoms with E-state index in [0.29, 0.717) is 32.9 Å². The van der Waals surface area contributed by atoms with Gasteiger partial charge in [-0.2, -0.15) is 13.2 Å². The molecule has 1 N–H and O–H groups in total. The second-order valence-electron chi connectivity index (χ2n) is 6.79. The molecule has 3 rings (SSSR count). The van der Waals surface area contributed by atoms with Crippen LogP contribution in [0.3, 0.4) is 0 Å². The number of carbonyl (C=O) groups excluding carboxylic acids is 1. The maximum absolute atomic E-state index is 13.2. The van der Waals surface area contributed by atoms with Gasteiger partial charge in [-0.25, -0.2) is 0 Å². The van der Waals surface area contributed by atoms with E-state index in [0.717, 1.165) is 16.3 Å². The smallest absolute Gasteiger partial charge is 0.406 e. The molecule has 180 valence electrons. The molecule has 1 aliphatic heterocycles. The fourth-order valence-electron chi connectivity index (χ4n) is 3.04. The predicted octanol–water partition coefficient (Wildman–Crippen LogP) is 2.71. The van der Waals surface area contributed by atoms with E-state index < -0.39 is 23.6 Å². The van der Waals surface area contributed by atoms with E-state index in [1.54, 1.807) is 11.8 Å². The molecule has 1 fully saturated rings. The number of nitrogens with one attached hydrogen (secondary N) is 1. The Balaban J connectivity index is 1.72. The molecular weight excluding hydrogens is 469 g/mol. The Hall–Kier alpha value is -3.07. The highest BCUT2D eigenvalue weighted by Crippen LogP contribution is 2.31. The van der Waals surface area contributed by atoms with Crippen molar-refractivity contribution >= 4 is 35.0 Å². The van der Waals surface area contributed by atoms with Gasteiger partial charge < -0.3 is 19.7 Å². The number of hydrogen-bond acceptors (Lipinski definition) is 9. The maximum atomic E-state index is 13.2. The lowest BCUT2D eigenvalue weighted by Crippen LogP contribution is -2.38. The van der Waals surface area contributed by atoms with Crippen molar-refractivity contribution in [1.29, 1.82) is 0 Å². The van der Waals surface area contributed by atoms with Crippen molar-refractivity contribution in [1.82, 2.24) is 14.8 Å². The minimum atomic E-state index is -4.52. The average molecular weight is 490 g/mol. The zero-order valence-electron chi connectivity index (χ0n) is 17.5. The Bertz CT molecular complexity index is 996. The second-order valence-corrected chi connectivity index (χ2v) is 7.73. The Labute approximate surface area is 190 Å². The average Bonchev–Trinajstić information content (AvgIpc) is 3.14. The molecular formula is C18H21F3N6O5S. The number of ether oxygens (including phenoxy) is 2. The van der Waals surface area contributed by atoms with E-state index >= 15 is 0 Å². The largest absolute Gasteiger partial charge is 0.494 e. The predicted molar refractivity (Wildman–Crippen MR) is 113 cm³/mol. The summed E-state index contributed by atoms with van der Waals surface area (Å²) in [6.07, 6.45) is -4.52. The molecule has 0 unspecified atom stereocenters. The number of amides is 1. The fraction of sp³-hybridized carbons (Fsp3) is 0.500. The Kier molecular flexibility index (Phi) is 7.97. The molecule has 1 aromatic heterocycles. The van der Waals surface area contributed by atoms with Gasteiger partial charge in [-0.05, 0) is 19.1 Å². The zero-order chi connectivity index (χ0) is 24.0. The van der Waals surface area contributed by atoms with Crippen LogP contribution in [0.1, 0.15) is 6.92 Å². The molecule has 0 atom stereocenters. The van der Waals surface area contributed by atoms with Crippen molar-refractivity contribution < 1.29 is 32.4 Å². The third-order valence-corrected chi connectivity index (χ3v) is 5.38. The van der Waals surface area contributed by atoms with Gasteiger partial charge in [0.25, 0.3) is 5.69 Å². The number of nitrogens with zero attached hydrogens (tertiary/aromatic N) is 5. The third-order valence-electron chi connectivity index (χ3n) is 4.41. The Morgan fingerprint density at radius 2 is 2.06 bits per heavy atom. The molecule has 11 nitrogen and oxygen atoms in total. The molecule has 0 spiro atoms. The SMILES string of the molecule is CCOc1ccc(NC(=O)CSc2nnc(N3CCOCC3)n2CC(F)(F)F)c([N+](=O)[O-])c1. The van der Waals surface area contributed by atoms with Crippen LogP contribution in [0.2, 0.25) is 0 Å². The number of nitro groups is 1. The molecule has 0 aliphatic carbocycles. The van der Waals surface area contributed by atoms with E-state index in [2.05, 4.69) is 15.5 Å². The van der Waals surface area contributed by atoms with Crippen LogP contribution in [0.5, 0.6) is 5.75 Å². The number of halogens is 3. The van der Waals surface area contributed by atoms with Crippen molar-refractivity contribution in [2.75, 3.05) is 48.9 Å². The summed E-state index contributed by atoms with van der Waals surface area (Å²) in [5, 5.41) is 21.3. The highest BCUT2D eigenvalue weighted by molar-refractivity contribution is 7.99. The molecule has 2 aromatic rings. The van der Waals surface area contributed by atoms with Crippen molar-refractivity contribution in [2.45, 2.75) is 24.8 Å². The van der Waals surface area contributed by atoms with Crippen LogP contribution in [0.4, 0.5) is 30.5 Å². The Morgan fingerprint density at radius 3 is 2.70 bits per heavy atom. The number of nitro benzene ring substituents is 1. The highest BCUT2D eigenvalue weighted by Gasteiger charge is 2.33. The Morgan fingerprint density at radius 1 is 1.33 bits per heavy atom. The van der Waals surface area contributed by atoms with Gasteiger partial charge in [0.1, 0.15) is 18.0 Å². The summed E-state index contributed by atoms with van der Waals surface area (Å²) >= 11 is 0.750. The minimum absolute atomic E-state index is 0.0423. The normalized spacial score (nSPS) is 14.2. The summed E-state index contributed by atoms with van der Waals surface area (Å²) in [5.41, 5.74) is -0.422. The van der Waals surface area contributed by atoms with E-state index in [1.807, 2.05) is 0 Å². The first-order chi connectivity index (χ1) is 15.7. The van der Waals surface area contributed by atoms with E-state index in [9.17, 15) is 28.1 Å². The first-order valence-electron chi connectivity index (χ1n) is 9.84. The fourth-order valence-corrected chi connectivity index (χ4v) is 3.78. The van der Waals surface area contributed by atoms with Gasteiger partial charge in [0.05, 0.1) is 36.6 Å². The third kappa shape index (κ3) is 6.71. The van der Waals surface area contributed by atoms with Gasteiger partial charge in [-0.3, -0.25) is 19.5 Å². The summed E-state index contributed by atoms with van der Waals surface area (Å²) in [6.45, 7) is 2.15.